The number of amides is 3. The van der Waals surface area contributed by atoms with Gasteiger partial charge in [0.15, 0.2) is 5.82 Å². The van der Waals surface area contributed by atoms with E-state index < -0.39 is 5.82 Å². The lowest BCUT2D eigenvalue weighted by Gasteiger charge is -2.38. The number of urea groups is 1. The van der Waals surface area contributed by atoms with Crippen LogP contribution in [0, 0.1) is 12.7 Å². The van der Waals surface area contributed by atoms with Crippen molar-refractivity contribution in [2.24, 2.45) is 0 Å². The van der Waals surface area contributed by atoms with Gasteiger partial charge in [-0.05, 0) is 43.9 Å². The zero-order chi connectivity index (χ0) is 20.1. The molecule has 4 heterocycles. The van der Waals surface area contributed by atoms with E-state index in [1.807, 2.05) is 4.90 Å². The quantitative estimate of drug-likeness (QED) is 0.857. The molecule has 2 atom stereocenters. The molecule has 3 aliphatic rings. The van der Waals surface area contributed by atoms with Crippen molar-refractivity contribution in [1.82, 2.24) is 20.4 Å². The standard InChI is InChI=1S/C20H22FN5O3/c1-11-23-18(24-29-11)12-8-14-2-3-15(9-12)26(14)19(27)16-10-13(4-5-17(16)21)25-7-6-22-20(25)28/h4-5,10,12,14-15H,2-3,6-9H2,1H3,(H,22,28). The zero-order valence-corrected chi connectivity index (χ0v) is 16.1. The lowest BCUT2D eigenvalue weighted by molar-refractivity contribution is 0.0562. The summed E-state index contributed by atoms with van der Waals surface area (Å²) < 4.78 is 19.7. The largest absolute Gasteiger partial charge is 0.340 e. The third-order valence-corrected chi connectivity index (χ3v) is 6.22. The van der Waals surface area contributed by atoms with Crippen LogP contribution in [0.1, 0.15) is 53.7 Å². The molecular weight excluding hydrogens is 377 g/mol. The normalized spacial score (nSPS) is 26.1. The van der Waals surface area contributed by atoms with Gasteiger partial charge in [0, 0.05) is 43.7 Å². The highest BCUT2D eigenvalue weighted by atomic mass is 19.1. The van der Waals surface area contributed by atoms with E-state index in [1.54, 1.807) is 6.92 Å². The first-order valence-corrected chi connectivity index (χ1v) is 9.99. The van der Waals surface area contributed by atoms with Crippen molar-refractivity contribution in [2.45, 2.75) is 50.6 Å². The van der Waals surface area contributed by atoms with E-state index in [4.69, 9.17) is 4.52 Å². The van der Waals surface area contributed by atoms with Crippen molar-refractivity contribution in [2.75, 3.05) is 18.0 Å². The molecule has 2 aromatic rings. The third-order valence-electron chi connectivity index (χ3n) is 6.22. The summed E-state index contributed by atoms with van der Waals surface area (Å²) in [7, 11) is 0. The lowest BCUT2D eigenvalue weighted by Crippen LogP contribution is -2.46. The molecule has 3 amide bonds. The number of hydrogen-bond donors (Lipinski definition) is 1. The molecule has 5 rings (SSSR count). The molecule has 1 aromatic heterocycles. The van der Waals surface area contributed by atoms with Crippen LogP contribution in [-0.2, 0) is 0 Å². The van der Waals surface area contributed by atoms with Crippen LogP contribution >= 0.6 is 0 Å². The van der Waals surface area contributed by atoms with Crippen LogP contribution in [0.4, 0.5) is 14.9 Å². The third kappa shape index (κ3) is 3.04. The number of nitrogens with zero attached hydrogens (tertiary/aromatic N) is 4. The average Bonchev–Trinajstić information content (AvgIpc) is 3.40. The monoisotopic (exact) mass is 399 g/mol. The maximum absolute atomic E-state index is 14.6. The molecule has 3 aliphatic heterocycles. The maximum Gasteiger partial charge on any atom is 0.321 e. The Morgan fingerprint density at radius 3 is 2.66 bits per heavy atom. The van der Waals surface area contributed by atoms with Gasteiger partial charge in [-0.1, -0.05) is 5.16 Å². The van der Waals surface area contributed by atoms with Gasteiger partial charge in [-0.25, -0.2) is 9.18 Å². The number of aryl methyl sites for hydroxylation is 1. The highest BCUT2D eigenvalue weighted by molar-refractivity contribution is 5.99. The van der Waals surface area contributed by atoms with Gasteiger partial charge < -0.3 is 14.7 Å². The van der Waals surface area contributed by atoms with Crippen molar-refractivity contribution < 1.29 is 18.5 Å². The minimum atomic E-state index is -0.561. The minimum Gasteiger partial charge on any atom is -0.340 e. The summed E-state index contributed by atoms with van der Waals surface area (Å²) in [5.41, 5.74) is 0.558. The minimum absolute atomic E-state index is 0.0213. The van der Waals surface area contributed by atoms with E-state index in [2.05, 4.69) is 15.5 Å². The van der Waals surface area contributed by atoms with Crippen LogP contribution in [-0.4, -0.2) is 52.2 Å². The fourth-order valence-corrected chi connectivity index (χ4v) is 4.90. The van der Waals surface area contributed by atoms with Gasteiger partial charge in [0.2, 0.25) is 5.89 Å². The topological polar surface area (TPSA) is 91.6 Å². The lowest BCUT2D eigenvalue weighted by atomic mass is 9.89. The Morgan fingerprint density at radius 2 is 2.03 bits per heavy atom. The molecule has 1 aromatic carbocycles. The van der Waals surface area contributed by atoms with Crippen molar-refractivity contribution in [3.05, 3.63) is 41.3 Å². The molecule has 0 saturated carbocycles. The maximum atomic E-state index is 14.6. The molecule has 2 bridgehead atoms. The molecule has 0 aliphatic carbocycles. The molecule has 3 fully saturated rings. The van der Waals surface area contributed by atoms with Gasteiger partial charge in [0.05, 0.1) is 5.56 Å². The Hall–Kier alpha value is -2.97. The van der Waals surface area contributed by atoms with Crippen LogP contribution < -0.4 is 10.2 Å². The van der Waals surface area contributed by atoms with Gasteiger partial charge in [-0.3, -0.25) is 9.69 Å². The molecule has 2 unspecified atom stereocenters. The molecule has 8 nitrogen and oxygen atoms in total. The highest BCUT2D eigenvalue weighted by Gasteiger charge is 2.45. The number of benzene rings is 1. The summed E-state index contributed by atoms with van der Waals surface area (Å²) in [5.74, 6) is 0.516. The number of hydrogen-bond acceptors (Lipinski definition) is 5. The Bertz CT molecular complexity index is 963. The summed E-state index contributed by atoms with van der Waals surface area (Å²) in [6, 6.07) is 4.13. The van der Waals surface area contributed by atoms with E-state index in [1.165, 1.54) is 23.1 Å². The number of rotatable bonds is 3. The molecule has 29 heavy (non-hydrogen) atoms. The van der Waals surface area contributed by atoms with E-state index in [0.29, 0.717) is 30.5 Å². The fourth-order valence-electron chi connectivity index (χ4n) is 4.90. The van der Waals surface area contributed by atoms with E-state index in [0.717, 1.165) is 25.7 Å². The number of carbonyl (C=O) groups excluding carboxylic acids is 2. The second-order valence-electron chi connectivity index (χ2n) is 7.99. The van der Waals surface area contributed by atoms with Crippen molar-refractivity contribution >= 4 is 17.6 Å². The number of piperidine rings is 1. The van der Waals surface area contributed by atoms with Gasteiger partial charge in [-0.15, -0.1) is 0 Å². The van der Waals surface area contributed by atoms with Crippen LogP contribution in [0.25, 0.3) is 0 Å². The molecule has 0 radical (unpaired) electrons. The molecule has 9 heteroatoms. The number of anilines is 1. The highest BCUT2D eigenvalue weighted by Crippen LogP contribution is 2.43. The van der Waals surface area contributed by atoms with Crippen molar-refractivity contribution in [3.8, 4) is 0 Å². The SMILES string of the molecule is Cc1nc(C2CC3CCC(C2)N3C(=O)c2cc(N3CCNC3=O)ccc2F)no1. The van der Waals surface area contributed by atoms with Crippen LogP contribution in [0.3, 0.4) is 0 Å². The van der Waals surface area contributed by atoms with E-state index >= 15 is 0 Å². The van der Waals surface area contributed by atoms with Gasteiger partial charge in [-0.2, -0.15) is 4.98 Å². The van der Waals surface area contributed by atoms with Gasteiger partial charge in [0.1, 0.15) is 5.82 Å². The van der Waals surface area contributed by atoms with Crippen molar-refractivity contribution in [1.29, 1.82) is 0 Å². The Labute approximate surface area is 167 Å². The molecular formula is C20H22FN5O3. The second-order valence-corrected chi connectivity index (χ2v) is 7.99. The fraction of sp³-hybridized carbons (Fsp3) is 0.500. The van der Waals surface area contributed by atoms with Gasteiger partial charge in [0.25, 0.3) is 5.91 Å². The van der Waals surface area contributed by atoms with Crippen LogP contribution in [0.5, 0.6) is 0 Å². The zero-order valence-electron chi connectivity index (χ0n) is 16.1. The predicted octanol–water partition coefficient (Wildman–Crippen LogP) is 2.60. The number of carbonyl (C=O) groups is 2. The molecule has 1 N–H and O–H groups in total. The summed E-state index contributed by atoms with van der Waals surface area (Å²) in [5, 5.41) is 6.77. The Kier molecular flexibility index (Phi) is 4.25. The summed E-state index contributed by atoms with van der Waals surface area (Å²) in [4.78, 5) is 32.9. The Balaban J connectivity index is 1.39. The summed E-state index contributed by atoms with van der Waals surface area (Å²) in [6.45, 7) is 2.80. The predicted molar refractivity (Wildman–Crippen MR) is 101 cm³/mol. The van der Waals surface area contributed by atoms with E-state index in [9.17, 15) is 14.0 Å². The second kappa shape index (κ2) is 6.82. The van der Waals surface area contributed by atoms with E-state index in [-0.39, 0.29) is 35.5 Å². The number of aromatic nitrogens is 2. The molecule has 0 spiro atoms. The number of fused-ring (bicyclic) bond motifs is 2. The first-order valence-electron chi connectivity index (χ1n) is 9.99. The summed E-state index contributed by atoms with van der Waals surface area (Å²) in [6.07, 6.45) is 3.27. The Morgan fingerprint density at radius 1 is 1.28 bits per heavy atom. The molecule has 3 saturated heterocycles. The number of halogens is 1. The van der Waals surface area contributed by atoms with Crippen LogP contribution in [0.15, 0.2) is 22.7 Å². The smallest absolute Gasteiger partial charge is 0.321 e. The molecule has 152 valence electrons. The average molecular weight is 399 g/mol. The van der Waals surface area contributed by atoms with Crippen molar-refractivity contribution in [3.63, 3.8) is 0 Å². The number of nitrogens with one attached hydrogen (secondary N) is 1. The summed E-state index contributed by atoms with van der Waals surface area (Å²) >= 11 is 0. The van der Waals surface area contributed by atoms with Crippen LogP contribution in [0.2, 0.25) is 0 Å². The first kappa shape index (κ1) is 18.1. The van der Waals surface area contributed by atoms with Gasteiger partial charge >= 0.3 is 6.03 Å². The first-order chi connectivity index (χ1) is 14.0.